The molecule has 0 spiro atoms. The van der Waals surface area contributed by atoms with Crippen LogP contribution in [-0.4, -0.2) is 45.9 Å². The Bertz CT molecular complexity index is 989. The molecule has 1 saturated carbocycles. The van der Waals surface area contributed by atoms with Gasteiger partial charge in [0.15, 0.2) is 11.7 Å². The van der Waals surface area contributed by atoms with E-state index in [0.29, 0.717) is 23.6 Å². The first-order chi connectivity index (χ1) is 13.5. The van der Waals surface area contributed by atoms with Crippen LogP contribution >= 0.6 is 0 Å². The molecule has 4 rings (SSSR count). The third kappa shape index (κ3) is 3.89. The molecule has 7 heteroatoms. The van der Waals surface area contributed by atoms with Gasteiger partial charge in [-0.15, -0.1) is 0 Å². The minimum absolute atomic E-state index is 0.0126. The number of aryl methyl sites for hydroxylation is 1. The van der Waals surface area contributed by atoms with Crippen LogP contribution in [0.1, 0.15) is 31.6 Å². The molecular formula is C21H25N5O2. The van der Waals surface area contributed by atoms with Gasteiger partial charge in [0.1, 0.15) is 0 Å². The predicted octanol–water partition coefficient (Wildman–Crippen LogP) is 3.65. The number of hydrogen-bond donors (Lipinski definition) is 1. The van der Waals surface area contributed by atoms with Crippen LogP contribution in [0.2, 0.25) is 0 Å². The highest BCUT2D eigenvalue weighted by Gasteiger charge is 2.27. The topological polar surface area (TPSA) is 84.2 Å². The average Bonchev–Trinajstić information content (AvgIpc) is 3.14. The van der Waals surface area contributed by atoms with E-state index in [4.69, 9.17) is 4.42 Å². The molecule has 2 heterocycles. The fraction of sp³-hybridized carbons (Fsp3) is 0.429. The van der Waals surface area contributed by atoms with Gasteiger partial charge in [0, 0.05) is 36.0 Å². The molecule has 0 saturated heterocycles. The maximum Gasteiger partial charge on any atom is 0.229 e. The number of fused-ring (bicyclic) bond motifs is 1. The maximum absolute atomic E-state index is 12.6. The third-order valence-corrected chi connectivity index (χ3v) is 5.52. The van der Waals surface area contributed by atoms with Crippen molar-refractivity contribution in [2.24, 2.45) is 5.92 Å². The smallest absolute Gasteiger partial charge is 0.229 e. The molecule has 1 aliphatic carbocycles. The van der Waals surface area contributed by atoms with Gasteiger partial charge in [-0.05, 0) is 45.8 Å². The largest absolute Gasteiger partial charge is 0.441 e. The Hall–Kier alpha value is -2.80. The fourth-order valence-electron chi connectivity index (χ4n) is 3.80. The molecule has 0 radical (unpaired) electrons. The highest BCUT2D eigenvalue weighted by molar-refractivity contribution is 5.92. The Morgan fingerprint density at radius 3 is 2.61 bits per heavy atom. The Balaban J connectivity index is 1.49. The van der Waals surface area contributed by atoms with Crippen molar-refractivity contribution >= 4 is 22.8 Å². The van der Waals surface area contributed by atoms with Gasteiger partial charge in [-0.1, -0.05) is 12.1 Å². The lowest BCUT2D eigenvalue weighted by Crippen LogP contribution is -2.35. The Morgan fingerprint density at radius 2 is 1.93 bits per heavy atom. The number of aromatic nitrogens is 3. The van der Waals surface area contributed by atoms with E-state index in [9.17, 15) is 4.79 Å². The standard InChI is InChI=1S/C21H25N5O2/c1-13-22-12-19(28-13)15-4-5-16-11-23-21(24-18(16)10-15)25-20(27)14-6-8-17(9-7-14)26(2)3/h4-5,10-12,14,17H,6-9H2,1-3H3,(H,23,24,25,27). The van der Waals surface area contributed by atoms with Crippen LogP contribution in [0.5, 0.6) is 0 Å². The number of carbonyl (C=O) groups is 1. The summed E-state index contributed by atoms with van der Waals surface area (Å²) in [7, 11) is 4.20. The van der Waals surface area contributed by atoms with E-state index < -0.39 is 0 Å². The number of benzene rings is 1. The molecule has 3 aromatic rings. The van der Waals surface area contributed by atoms with Crippen molar-refractivity contribution < 1.29 is 9.21 Å². The van der Waals surface area contributed by atoms with Gasteiger partial charge >= 0.3 is 0 Å². The van der Waals surface area contributed by atoms with E-state index >= 15 is 0 Å². The summed E-state index contributed by atoms with van der Waals surface area (Å²) >= 11 is 0. The summed E-state index contributed by atoms with van der Waals surface area (Å²) in [5.41, 5.74) is 1.65. The Morgan fingerprint density at radius 1 is 1.14 bits per heavy atom. The summed E-state index contributed by atoms with van der Waals surface area (Å²) in [5.74, 6) is 1.70. The minimum Gasteiger partial charge on any atom is -0.441 e. The first-order valence-electron chi connectivity index (χ1n) is 9.66. The molecule has 0 unspecified atom stereocenters. The number of oxazole rings is 1. The maximum atomic E-state index is 12.6. The van der Waals surface area contributed by atoms with Crippen LogP contribution in [0.4, 0.5) is 5.95 Å². The third-order valence-electron chi connectivity index (χ3n) is 5.52. The van der Waals surface area contributed by atoms with Crippen molar-refractivity contribution in [2.45, 2.75) is 38.6 Å². The van der Waals surface area contributed by atoms with E-state index in [-0.39, 0.29) is 11.8 Å². The summed E-state index contributed by atoms with van der Waals surface area (Å²) in [4.78, 5) is 27.9. The number of rotatable bonds is 4. The van der Waals surface area contributed by atoms with Crippen LogP contribution in [0.25, 0.3) is 22.2 Å². The molecule has 7 nitrogen and oxygen atoms in total. The monoisotopic (exact) mass is 379 g/mol. The fourth-order valence-corrected chi connectivity index (χ4v) is 3.80. The van der Waals surface area contributed by atoms with Gasteiger partial charge in [0.05, 0.1) is 11.7 Å². The van der Waals surface area contributed by atoms with Crippen LogP contribution in [0, 0.1) is 12.8 Å². The number of anilines is 1. The summed E-state index contributed by atoms with van der Waals surface area (Å²) in [5, 5.41) is 3.81. The van der Waals surface area contributed by atoms with Crippen LogP contribution in [0.15, 0.2) is 35.0 Å². The van der Waals surface area contributed by atoms with E-state index in [0.717, 1.165) is 42.1 Å². The molecule has 1 N–H and O–H groups in total. The van der Waals surface area contributed by atoms with Gasteiger partial charge in [-0.3, -0.25) is 10.1 Å². The second-order valence-electron chi connectivity index (χ2n) is 7.67. The van der Waals surface area contributed by atoms with Crippen molar-refractivity contribution in [2.75, 3.05) is 19.4 Å². The molecule has 0 aliphatic heterocycles. The Kier molecular flexibility index (Phi) is 5.09. The van der Waals surface area contributed by atoms with Gasteiger partial charge in [0.25, 0.3) is 0 Å². The van der Waals surface area contributed by atoms with Gasteiger partial charge in [0.2, 0.25) is 11.9 Å². The molecular weight excluding hydrogens is 354 g/mol. The van der Waals surface area contributed by atoms with E-state index in [1.54, 1.807) is 12.4 Å². The second kappa shape index (κ2) is 7.67. The van der Waals surface area contributed by atoms with Crippen LogP contribution in [0.3, 0.4) is 0 Å². The molecule has 0 atom stereocenters. The first-order valence-corrected chi connectivity index (χ1v) is 9.66. The first kappa shape index (κ1) is 18.6. The lowest BCUT2D eigenvalue weighted by Gasteiger charge is -2.31. The molecule has 0 bridgehead atoms. The molecule has 1 fully saturated rings. The minimum atomic E-state index is 0.0126. The number of nitrogens with one attached hydrogen (secondary N) is 1. The van der Waals surface area contributed by atoms with Crippen LogP contribution in [-0.2, 0) is 4.79 Å². The van der Waals surface area contributed by atoms with Crippen LogP contribution < -0.4 is 5.32 Å². The Labute approximate surface area is 164 Å². The molecule has 1 aromatic carbocycles. The SMILES string of the molecule is Cc1ncc(-c2ccc3cnc(NC(=O)C4CCC(N(C)C)CC4)nc3c2)o1. The van der Waals surface area contributed by atoms with Crippen molar-refractivity contribution in [1.29, 1.82) is 0 Å². The predicted molar refractivity (Wildman–Crippen MR) is 108 cm³/mol. The van der Waals surface area contributed by atoms with Gasteiger partial charge < -0.3 is 9.32 Å². The van der Waals surface area contributed by atoms with Gasteiger partial charge in [-0.2, -0.15) is 0 Å². The molecule has 28 heavy (non-hydrogen) atoms. The summed E-state index contributed by atoms with van der Waals surface area (Å²) in [6.45, 7) is 1.81. The summed E-state index contributed by atoms with van der Waals surface area (Å²) in [6.07, 6.45) is 7.32. The molecule has 2 aromatic heterocycles. The van der Waals surface area contributed by atoms with E-state index in [1.807, 2.05) is 25.1 Å². The summed E-state index contributed by atoms with van der Waals surface area (Å²) in [6, 6.07) is 6.39. The summed E-state index contributed by atoms with van der Waals surface area (Å²) < 4.78 is 5.59. The van der Waals surface area contributed by atoms with Crippen molar-refractivity contribution in [3.8, 4) is 11.3 Å². The van der Waals surface area contributed by atoms with Crippen molar-refractivity contribution in [1.82, 2.24) is 19.9 Å². The lowest BCUT2D eigenvalue weighted by molar-refractivity contribution is -0.121. The zero-order valence-electron chi connectivity index (χ0n) is 16.5. The molecule has 146 valence electrons. The zero-order chi connectivity index (χ0) is 19.7. The number of hydrogen-bond acceptors (Lipinski definition) is 6. The number of nitrogens with zero attached hydrogens (tertiary/aromatic N) is 4. The number of amides is 1. The zero-order valence-corrected chi connectivity index (χ0v) is 16.5. The number of carbonyl (C=O) groups excluding carboxylic acids is 1. The highest BCUT2D eigenvalue weighted by atomic mass is 16.4. The normalized spacial score (nSPS) is 19.9. The second-order valence-corrected chi connectivity index (χ2v) is 7.67. The quantitative estimate of drug-likeness (QED) is 0.745. The van der Waals surface area contributed by atoms with E-state index in [2.05, 4.69) is 39.3 Å². The van der Waals surface area contributed by atoms with Crippen molar-refractivity contribution in [3.05, 3.63) is 36.5 Å². The average molecular weight is 379 g/mol. The highest BCUT2D eigenvalue weighted by Crippen LogP contribution is 2.28. The van der Waals surface area contributed by atoms with Gasteiger partial charge in [-0.25, -0.2) is 15.0 Å². The molecule has 1 aliphatic rings. The van der Waals surface area contributed by atoms with E-state index in [1.165, 1.54) is 0 Å². The van der Waals surface area contributed by atoms with Crippen molar-refractivity contribution in [3.63, 3.8) is 0 Å². The lowest BCUT2D eigenvalue weighted by atomic mass is 9.85. The molecule has 1 amide bonds.